The van der Waals surface area contributed by atoms with Crippen LogP contribution in [0.15, 0.2) is 79.1 Å². The molecule has 0 radical (unpaired) electrons. The molecule has 2 aromatic carbocycles. The number of carbonyl (C=O) groups excluding carboxylic acids is 1. The first-order valence-corrected chi connectivity index (χ1v) is 11.8. The van der Waals surface area contributed by atoms with E-state index in [-0.39, 0.29) is 11.9 Å². The van der Waals surface area contributed by atoms with E-state index >= 15 is 0 Å². The molecule has 1 N–H and O–H groups in total. The molecule has 5 aromatic rings. The lowest BCUT2D eigenvalue weighted by atomic mass is 10.1. The Kier molecular flexibility index (Phi) is 6.14. The van der Waals surface area contributed by atoms with Gasteiger partial charge in [0, 0.05) is 35.3 Å². The van der Waals surface area contributed by atoms with Gasteiger partial charge in [-0.1, -0.05) is 60.7 Å². The van der Waals surface area contributed by atoms with Gasteiger partial charge in [-0.25, -0.2) is 9.67 Å². The number of amides is 1. The quantitative estimate of drug-likeness (QED) is 0.361. The van der Waals surface area contributed by atoms with Gasteiger partial charge in [-0.05, 0) is 32.4 Å². The molecule has 0 unspecified atom stereocenters. The van der Waals surface area contributed by atoms with Gasteiger partial charge in [-0.2, -0.15) is 10.2 Å². The van der Waals surface area contributed by atoms with Crippen LogP contribution in [0.4, 0.5) is 0 Å². The Balaban J connectivity index is 1.40. The number of aryl methyl sites for hydroxylation is 1. The smallest absolute Gasteiger partial charge is 0.253 e. The van der Waals surface area contributed by atoms with Gasteiger partial charge in [0.15, 0.2) is 5.65 Å². The van der Waals surface area contributed by atoms with E-state index in [1.54, 1.807) is 6.20 Å². The van der Waals surface area contributed by atoms with Crippen LogP contribution in [0.25, 0.3) is 22.3 Å². The molecule has 3 heterocycles. The minimum Gasteiger partial charge on any atom is -0.348 e. The lowest BCUT2D eigenvalue weighted by Crippen LogP contribution is -2.24. The van der Waals surface area contributed by atoms with E-state index in [1.165, 1.54) is 5.56 Å². The van der Waals surface area contributed by atoms with E-state index in [1.807, 2.05) is 77.1 Å². The molecule has 0 fully saturated rings. The lowest BCUT2D eigenvalue weighted by Gasteiger charge is -2.10. The van der Waals surface area contributed by atoms with Crippen molar-refractivity contribution in [1.29, 1.82) is 0 Å². The summed E-state index contributed by atoms with van der Waals surface area (Å²) in [7, 11) is 0. The standard InChI is InChI=1S/C28H28N6O/c1-19(2)34-27-23(16-30-34)14-25(20(3)31-27)28(35)29-15-24-18-33(17-21-10-6-4-7-11-21)32-26(24)22-12-8-5-9-13-22/h4-14,16,18-19H,15,17H2,1-3H3,(H,29,35). The number of fused-ring (bicyclic) bond motifs is 1. The van der Waals surface area contributed by atoms with Crippen LogP contribution in [0.3, 0.4) is 0 Å². The second kappa shape index (κ2) is 9.54. The molecule has 0 atom stereocenters. The summed E-state index contributed by atoms with van der Waals surface area (Å²) < 4.78 is 3.80. The average Bonchev–Trinajstić information content (AvgIpc) is 3.47. The first kappa shape index (κ1) is 22.5. The Hall–Kier alpha value is -4.26. The summed E-state index contributed by atoms with van der Waals surface area (Å²) >= 11 is 0. The molecule has 7 nitrogen and oxygen atoms in total. The first-order valence-electron chi connectivity index (χ1n) is 11.8. The van der Waals surface area contributed by atoms with Gasteiger partial charge in [0.2, 0.25) is 0 Å². The molecule has 0 saturated carbocycles. The molecule has 0 aliphatic rings. The molecule has 0 aliphatic carbocycles. The van der Waals surface area contributed by atoms with Crippen molar-refractivity contribution in [2.75, 3.05) is 0 Å². The SMILES string of the molecule is Cc1nc2c(cnn2C(C)C)cc1C(=O)NCc1cn(Cc2ccccc2)nc1-c1ccccc1. The maximum absolute atomic E-state index is 13.2. The number of nitrogens with zero attached hydrogens (tertiary/aromatic N) is 5. The normalized spacial score (nSPS) is 11.3. The van der Waals surface area contributed by atoms with Gasteiger partial charge in [-0.3, -0.25) is 9.48 Å². The van der Waals surface area contributed by atoms with Crippen molar-refractivity contribution < 1.29 is 4.79 Å². The van der Waals surface area contributed by atoms with Gasteiger partial charge in [0.25, 0.3) is 5.91 Å². The van der Waals surface area contributed by atoms with E-state index in [0.717, 1.165) is 27.9 Å². The Morgan fingerprint density at radius 1 is 1.03 bits per heavy atom. The molecular weight excluding hydrogens is 436 g/mol. The highest BCUT2D eigenvalue weighted by Gasteiger charge is 2.17. The highest BCUT2D eigenvalue weighted by molar-refractivity contribution is 5.98. The van der Waals surface area contributed by atoms with E-state index in [9.17, 15) is 4.79 Å². The van der Waals surface area contributed by atoms with Crippen molar-refractivity contribution in [3.05, 3.63) is 102 Å². The third-order valence-corrected chi connectivity index (χ3v) is 6.00. The fourth-order valence-electron chi connectivity index (χ4n) is 4.23. The highest BCUT2D eigenvalue weighted by Crippen LogP contribution is 2.23. The zero-order valence-corrected chi connectivity index (χ0v) is 20.1. The molecule has 35 heavy (non-hydrogen) atoms. The van der Waals surface area contributed by atoms with Crippen molar-refractivity contribution in [1.82, 2.24) is 29.9 Å². The Bertz CT molecular complexity index is 1470. The molecule has 0 spiro atoms. The second-order valence-electron chi connectivity index (χ2n) is 8.95. The van der Waals surface area contributed by atoms with Gasteiger partial charge >= 0.3 is 0 Å². The molecule has 176 valence electrons. The van der Waals surface area contributed by atoms with Gasteiger partial charge in [0.05, 0.1) is 29.7 Å². The summed E-state index contributed by atoms with van der Waals surface area (Å²) in [6.07, 6.45) is 3.77. The molecule has 7 heteroatoms. The second-order valence-corrected chi connectivity index (χ2v) is 8.95. The Labute approximate surface area is 204 Å². The van der Waals surface area contributed by atoms with Crippen LogP contribution >= 0.6 is 0 Å². The van der Waals surface area contributed by atoms with Crippen molar-refractivity contribution in [2.24, 2.45) is 0 Å². The van der Waals surface area contributed by atoms with Crippen molar-refractivity contribution in [3.63, 3.8) is 0 Å². The Morgan fingerprint density at radius 2 is 1.74 bits per heavy atom. The van der Waals surface area contributed by atoms with Gasteiger partial charge < -0.3 is 5.32 Å². The minimum absolute atomic E-state index is 0.163. The molecule has 3 aromatic heterocycles. The monoisotopic (exact) mass is 464 g/mol. The molecular formula is C28H28N6O. The van der Waals surface area contributed by atoms with Crippen molar-refractivity contribution >= 4 is 16.9 Å². The number of hydrogen-bond acceptors (Lipinski definition) is 4. The zero-order chi connectivity index (χ0) is 24.4. The van der Waals surface area contributed by atoms with E-state index < -0.39 is 0 Å². The zero-order valence-electron chi connectivity index (χ0n) is 20.1. The predicted molar refractivity (Wildman–Crippen MR) is 137 cm³/mol. The number of aromatic nitrogens is 5. The van der Waals surface area contributed by atoms with Crippen LogP contribution in [0.5, 0.6) is 0 Å². The fourth-order valence-corrected chi connectivity index (χ4v) is 4.23. The summed E-state index contributed by atoms with van der Waals surface area (Å²) in [6, 6.07) is 22.3. The predicted octanol–water partition coefficient (Wildman–Crippen LogP) is 5.16. The van der Waals surface area contributed by atoms with Crippen LogP contribution in [-0.4, -0.2) is 30.5 Å². The van der Waals surface area contributed by atoms with Crippen molar-refractivity contribution in [2.45, 2.75) is 39.9 Å². The van der Waals surface area contributed by atoms with E-state index in [0.29, 0.717) is 24.3 Å². The van der Waals surface area contributed by atoms with Crippen molar-refractivity contribution in [3.8, 4) is 11.3 Å². The Morgan fingerprint density at radius 3 is 2.46 bits per heavy atom. The fraction of sp³-hybridized carbons (Fsp3) is 0.214. The number of rotatable bonds is 7. The van der Waals surface area contributed by atoms with Gasteiger partial charge in [0.1, 0.15) is 0 Å². The van der Waals surface area contributed by atoms with E-state index in [4.69, 9.17) is 5.10 Å². The van der Waals surface area contributed by atoms with Crippen LogP contribution in [0.2, 0.25) is 0 Å². The third-order valence-electron chi connectivity index (χ3n) is 6.00. The summed E-state index contributed by atoms with van der Waals surface area (Å²) in [6.45, 7) is 7.01. The lowest BCUT2D eigenvalue weighted by molar-refractivity contribution is 0.0950. The number of benzene rings is 2. The molecule has 0 aliphatic heterocycles. The average molecular weight is 465 g/mol. The highest BCUT2D eigenvalue weighted by atomic mass is 16.1. The van der Waals surface area contributed by atoms with Crippen LogP contribution < -0.4 is 5.32 Å². The molecule has 0 saturated heterocycles. The third kappa shape index (κ3) is 4.71. The molecule has 0 bridgehead atoms. The molecule has 1 amide bonds. The van der Waals surface area contributed by atoms with Crippen LogP contribution in [0, 0.1) is 6.92 Å². The summed E-state index contributed by atoms with van der Waals surface area (Å²) in [4.78, 5) is 17.8. The summed E-state index contributed by atoms with van der Waals surface area (Å²) in [5, 5.41) is 13.2. The van der Waals surface area contributed by atoms with Crippen LogP contribution in [-0.2, 0) is 13.1 Å². The number of carbonyl (C=O) groups is 1. The minimum atomic E-state index is -0.163. The van der Waals surface area contributed by atoms with E-state index in [2.05, 4.69) is 41.4 Å². The first-order chi connectivity index (χ1) is 17.0. The number of hydrogen-bond donors (Lipinski definition) is 1. The van der Waals surface area contributed by atoms with Gasteiger partial charge in [-0.15, -0.1) is 0 Å². The largest absolute Gasteiger partial charge is 0.348 e. The van der Waals surface area contributed by atoms with Crippen LogP contribution in [0.1, 0.15) is 47.1 Å². The topological polar surface area (TPSA) is 77.6 Å². The summed E-state index contributed by atoms with van der Waals surface area (Å²) in [5.74, 6) is -0.163. The number of nitrogens with one attached hydrogen (secondary N) is 1. The maximum atomic E-state index is 13.2. The maximum Gasteiger partial charge on any atom is 0.253 e. The summed E-state index contributed by atoms with van der Waals surface area (Å²) in [5.41, 5.74) is 6.04. The molecule has 5 rings (SSSR count). The number of pyridine rings is 1.